The SMILES string of the molecule is c1ccc2c(c1)sc1nc(-c3ccc(N(c4ccc(-c5ccc6ncncc6c5)cc4)c4ccc(-c5ccc6ncncc6c5)cc4)cc3)ccc12. The van der Waals surface area contributed by atoms with Crippen LogP contribution in [-0.2, 0) is 0 Å². The maximum atomic E-state index is 5.08. The zero-order valence-corrected chi connectivity index (χ0v) is 28.6. The highest BCUT2D eigenvalue weighted by Gasteiger charge is 2.15. The van der Waals surface area contributed by atoms with E-state index in [-0.39, 0.29) is 0 Å². The van der Waals surface area contributed by atoms with Crippen molar-refractivity contribution in [1.29, 1.82) is 0 Å². The molecule has 7 heteroatoms. The van der Waals surface area contributed by atoms with Crippen molar-refractivity contribution in [3.8, 4) is 33.5 Å². The molecule has 10 rings (SSSR count). The van der Waals surface area contributed by atoms with Crippen LogP contribution in [0, 0.1) is 0 Å². The predicted molar refractivity (Wildman–Crippen MR) is 214 cm³/mol. The predicted octanol–water partition coefficient (Wildman–Crippen LogP) is 11.8. The molecule has 0 aliphatic rings. The summed E-state index contributed by atoms with van der Waals surface area (Å²) in [5.74, 6) is 0. The van der Waals surface area contributed by atoms with E-state index in [0.717, 1.165) is 77.2 Å². The molecule has 0 saturated carbocycles. The monoisotopic (exact) mass is 684 g/mol. The van der Waals surface area contributed by atoms with E-state index in [1.165, 1.54) is 15.5 Å². The molecule has 0 saturated heterocycles. The largest absolute Gasteiger partial charge is 0.311 e. The van der Waals surface area contributed by atoms with Crippen molar-refractivity contribution in [3.05, 3.63) is 171 Å². The van der Waals surface area contributed by atoms with Crippen LogP contribution in [0.15, 0.2) is 171 Å². The number of rotatable bonds is 6. The van der Waals surface area contributed by atoms with Gasteiger partial charge in [0.05, 0.1) is 16.7 Å². The normalized spacial score (nSPS) is 11.5. The van der Waals surface area contributed by atoms with Crippen molar-refractivity contribution >= 4 is 70.5 Å². The fourth-order valence-electron chi connectivity index (χ4n) is 6.93. The van der Waals surface area contributed by atoms with Crippen molar-refractivity contribution in [2.75, 3.05) is 4.90 Å². The summed E-state index contributed by atoms with van der Waals surface area (Å²) < 4.78 is 1.26. The first-order valence-corrected chi connectivity index (χ1v) is 17.8. The fourth-order valence-corrected chi connectivity index (χ4v) is 8.00. The quantitative estimate of drug-likeness (QED) is 0.174. The Morgan fingerprint density at radius 2 is 0.962 bits per heavy atom. The van der Waals surface area contributed by atoms with Gasteiger partial charge in [-0.3, -0.25) is 0 Å². The second-order valence-corrected chi connectivity index (χ2v) is 13.7. The van der Waals surface area contributed by atoms with Crippen molar-refractivity contribution in [3.63, 3.8) is 0 Å². The molecule has 0 bridgehead atoms. The summed E-state index contributed by atoms with van der Waals surface area (Å²) in [4.78, 5) is 25.6. The number of hydrogen-bond acceptors (Lipinski definition) is 7. The topological polar surface area (TPSA) is 67.7 Å². The molecule has 6 aromatic carbocycles. The minimum Gasteiger partial charge on any atom is -0.311 e. The fraction of sp³-hybridized carbons (Fsp3) is 0. The number of anilines is 3. The van der Waals surface area contributed by atoms with Crippen LogP contribution in [0.1, 0.15) is 0 Å². The standard InChI is InChI=1S/C45H28N6S/c1-2-4-44-39(3-1)40-19-22-43(50-45(40)52-44)31-9-17-38(18-10-31)51(36-13-5-29(6-14-36)32-11-20-41-34(23-32)25-46-27-48-41)37-15-7-30(8-16-37)33-12-21-42-35(24-33)26-47-28-49-42/h1-28H. The highest BCUT2D eigenvalue weighted by atomic mass is 32.1. The van der Waals surface area contributed by atoms with Crippen LogP contribution in [0.2, 0.25) is 0 Å². The van der Waals surface area contributed by atoms with Crippen LogP contribution in [0.3, 0.4) is 0 Å². The van der Waals surface area contributed by atoms with Crippen molar-refractivity contribution in [2.45, 2.75) is 0 Å². The Bertz CT molecular complexity index is 2780. The average Bonchev–Trinajstić information content (AvgIpc) is 3.59. The number of aromatic nitrogens is 5. The van der Waals surface area contributed by atoms with Gasteiger partial charge in [0.2, 0.25) is 0 Å². The van der Waals surface area contributed by atoms with Crippen LogP contribution in [0.4, 0.5) is 17.1 Å². The van der Waals surface area contributed by atoms with Gasteiger partial charge in [0.1, 0.15) is 17.5 Å². The summed E-state index contributed by atoms with van der Waals surface area (Å²) in [6.07, 6.45) is 6.89. The molecule has 0 aliphatic carbocycles. The van der Waals surface area contributed by atoms with Gasteiger partial charge >= 0.3 is 0 Å². The van der Waals surface area contributed by atoms with Gasteiger partial charge in [-0.2, -0.15) is 0 Å². The molecule has 10 aromatic rings. The lowest BCUT2D eigenvalue weighted by Crippen LogP contribution is -2.09. The summed E-state index contributed by atoms with van der Waals surface area (Å²) in [7, 11) is 0. The van der Waals surface area contributed by atoms with Gasteiger partial charge in [0.15, 0.2) is 0 Å². The van der Waals surface area contributed by atoms with E-state index in [0.29, 0.717) is 0 Å². The second kappa shape index (κ2) is 12.5. The summed E-state index contributed by atoms with van der Waals surface area (Å²) in [6, 6.07) is 51.6. The second-order valence-electron chi connectivity index (χ2n) is 12.7. The number of benzene rings is 6. The highest BCUT2D eigenvalue weighted by molar-refractivity contribution is 7.25. The van der Waals surface area contributed by atoms with Gasteiger partial charge in [-0.25, -0.2) is 24.9 Å². The molecular weight excluding hydrogens is 657 g/mol. The van der Waals surface area contributed by atoms with Crippen molar-refractivity contribution < 1.29 is 0 Å². The minimum atomic E-state index is 0.935. The maximum Gasteiger partial charge on any atom is 0.125 e. The van der Waals surface area contributed by atoms with E-state index in [9.17, 15) is 0 Å². The number of thiophene rings is 1. The molecule has 6 nitrogen and oxygen atoms in total. The Balaban J connectivity index is 1.02. The first kappa shape index (κ1) is 30.0. The molecular formula is C45H28N6S. The first-order chi connectivity index (χ1) is 25.7. The lowest BCUT2D eigenvalue weighted by Gasteiger charge is -2.26. The molecule has 0 spiro atoms. The average molecular weight is 685 g/mol. The summed E-state index contributed by atoms with van der Waals surface area (Å²) in [5, 5.41) is 4.50. The molecule has 52 heavy (non-hydrogen) atoms. The molecule has 0 unspecified atom stereocenters. The van der Waals surface area contributed by atoms with E-state index < -0.39 is 0 Å². The Hall–Kier alpha value is -6.83. The molecule has 0 atom stereocenters. The van der Waals surface area contributed by atoms with E-state index >= 15 is 0 Å². The maximum absolute atomic E-state index is 5.08. The van der Waals surface area contributed by atoms with Crippen molar-refractivity contribution in [1.82, 2.24) is 24.9 Å². The van der Waals surface area contributed by atoms with Gasteiger partial charge in [0, 0.05) is 61.3 Å². The van der Waals surface area contributed by atoms with E-state index in [1.807, 2.05) is 24.5 Å². The number of hydrogen-bond donors (Lipinski definition) is 0. The summed E-state index contributed by atoms with van der Waals surface area (Å²) in [6.45, 7) is 0. The Morgan fingerprint density at radius 1 is 0.442 bits per heavy atom. The van der Waals surface area contributed by atoms with E-state index in [1.54, 1.807) is 24.0 Å². The van der Waals surface area contributed by atoms with Crippen LogP contribution in [-0.4, -0.2) is 24.9 Å². The molecule has 4 aromatic heterocycles. The van der Waals surface area contributed by atoms with E-state index in [4.69, 9.17) is 4.98 Å². The lowest BCUT2D eigenvalue weighted by molar-refractivity contribution is 1.22. The molecule has 0 radical (unpaired) electrons. The molecule has 244 valence electrons. The summed E-state index contributed by atoms with van der Waals surface area (Å²) >= 11 is 1.74. The molecule has 0 fully saturated rings. The number of nitrogens with zero attached hydrogens (tertiary/aromatic N) is 6. The Morgan fingerprint density at radius 3 is 1.54 bits per heavy atom. The first-order valence-electron chi connectivity index (χ1n) is 17.0. The third-order valence-corrected chi connectivity index (χ3v) is 10.7. The molecule has 0 amide bonds. The zero-order chi connectivity index (χ0) is 34.4. The number of pyridine rings is 1. The smallest absolute Gasteiger partial charge is 0.125 e. The lowest BCUT2D eigenvalue weighted by atomic mass is 10.0. The third kappa shape index (κ3) is 5.41. The molecule has 0 N–H and O–H groups in total. The van der Waals surface area contributed by atoms with Gasteiger partial charge < -0.3 is 4.90 Å². The number of fused-ring (bicyclic) bond motifs is 5. The Kier molecular flexibility index (Phi) is 7.22. The summed E-state index contributed by atoms with van der Waals surface area (Å²) in [5.41, 5.74) is 11.6. The Labute approximate surface area is 303 Å². The highest BCUT2D eigenvalue weighted by Crippen LogP contribution is 2.39. The van der Waals surface area contributed by atoms with E-state index in [2.05, 4.69) is 158 Å². The van der Waals surface area contributed by atoms with Crippen LogP contribution in [0.25, 0.3) is 75.6 Å². The van der Waals surface area contributed by atoms with Crippen LogP contribution < -0.4 is 4.90 Å². The third-order valence-electron chi connectivity index (χ3n) is 9.59. The van der Waals surface area contributed by atoms with Crippen molar-refractivity contribution in [2.24, 2.45) is 0 Å². The van der Waals surface area contributed by atoms with Gasteiger partial charge in [0.25, 0.3) is 0 Å². The molecule has 4 heterocycles. The molecule has 0 aliphatic heterocycles. The zero-order valence-electron chi connectivity index (χ0n) is 27.8. The van der Waals surface area contributed by atoms with Gasteiger partial charge in [-0.15, -0.1) is 11.3 Å². The minimum absolute atomic E-state index is 0.935. The van der Waals surface area contributed by atoms with Crippen LogP contribution in [0.5, 0.6) is 0 Å². The van der Waals surface area contributed by atoms with Gasteiger partial charge in [-0.1, -0.05) is 66.7 Å². The van der Waals surface area contributed by atoms with Crippen LogP contribution >= 0.6 is 11.3 Å². The van der Waals surface area contributed by atoms with Gasteiger partial charge in [-0.05, 0) is 101 Å².